The van der Waals surface area contributed by atoms with E-state index in [1.165, 1.54) is 11.9 Å². The summed E-state index contributed by atoms with van der Waals surface area (Å²) >= 11 is 0. The molecule has 2 N–H and O–H groups in total. The molecule has 0 aliphatic carbocycles. The van der Waals surface area contributed by atoms with E-state index >= 15 is 0 Å². The minimum atomic E-state index is -0.677. The monoisotopic (exact) mass is 248 g/mol. The molecule has 7 heteroatoms. The van der Waals surface area contributed by atoms with E-state index in [2.05, 4.69) is 0 Å². The highest BCUT2D eigenvalue weighted by molar-refractivity contribution is 6.07. The van der Waals surface area contributed by atoms with E-state index < -0.39 is 6.17 Å². The van der Waals surface area contributed by atoms with Crippen LogP contribution in [0.5, 0.6) is 0 Å². The summed E-state index contributed by atoms with van der Waals surface area (Å²) in [4.78, 5) is 27.3. The van der Waals surface area contributed by atoms with Crippen molar-refractivity contribution < 1.29 is 9.59 Å². The van der Waals surface area contributed by atoms with Gasteiger partial charge in [0, 0.05) is 34.4 Å². The molecule has 0 aromatic rings. The number of amides is 3. The highest BCUT2D eigenvalue weighted by Gasteiger charge is 2.36. The Morgan fingerprint density at radius 2 is 1.81 bits per heavy atom. The molecule has 1 aliphatic rings. The van der Waals surface area contributed by atoms with Gasteiger partial charge >= 0.3 is 6.03 Å². The first-order valence-electron chi connectivity index (χ1n) is 4.55. The van der Waals surface area contributed by atoms with Gasteiger partial charge in [0.1, 0.15) is 6.17 Å². The van der Waals surface area contributed by atoms with Crippen LogP contribution in [0.4, 0.5) is 4.79 Å². The third-order valence-electron chi connectivity index (χ3n) is 2.27. The maximum Gasteiger partial charge on any atom is 0.327 e. The summed E-state index contributed by atoms with van der Waals surface area (Å²) in [6.45, 7) is 0. The zero-order valence-electron chi connectivity index (χ0n) is 9.80. The normalized spacial score (nSPS) is 23.6. The molecule has 0 saturated carbocycles. The number of hydrogen-bond acceptors (Lipinski definition) is 4. The molecule has 0 radical (unpaired) electrons. The summed E-state index contributed by atoms with van der Waals surface area (Å²) in [5.74, 6) is -0.348. The first-order chi connectivity index (χ1) is 6.86. The highest BCUT2D eigenvalue weighted by Crippen LogP contribution is 2.16. The van der Waals surface area contributed by atoms with E-state index in [1.54, 1.807) is 32.2 Å². The summed E-state index contributed by atoms with van der Waals surface area (Å²) in [6, 6.07) is -0.386. The van der Waals surface area contributed by atoms with Gasteiger partial charge < -0.3 is 15.5 Å². The van der Waals surface area contributed by atoms with E-state index in [0.29, 0.717) is 5.57 Å². The SMILES string of the molecule is CN(C)C=C1C(=O)N(C)C(=O)N(C)C1N.Cl. The van der Waals surface area contributed by atoms with E-state index in [1.807, 2.05) is 0 Å². The summed E-state index contributed by atoms with van der Waals surface area (Å²) in [5, 5.41) is 0. The standard InChI is InChI=1S/C9H16N4O2.ClH/c1-11(2)5-6-7(10)12(3)9(15)13(4)8(6)14;/h5,7H,10H2,1-4H3;1H. The minimum Gasteiger partial charge on any atom is -0.383 e. The Morgan fingerprint density at radius 3 is 2.25 bits per heavy atom. The minimum absolute atomic E-state index is 0. The van der Waals surface area contributed by atoms with Gasteiger partial charge in [0.05, 0.1) is 5.57 Å². The molecule has 1 unspecified atom stereocenters. The van der Waals surface area contributed by atoms with Crippen LogP contribution in [0.2, 0.25) is 0 Å². The number of imide groups is 1. The molecule has 0 aromatic heterocycles. The van der Waals surface area contributed by atoms with Crippen molar-refractivity contribution in [3.8, 4) is 0 Å². The van der Waals surface area contributed by atoms with Crippen molar-refractivity contribution in [2.24, 2.45) is 5.73 Å². The molecule has 1 saturated heterocycles. The molecule has 0 bridgehead atoms. The van der Waals surface area contributed by atoms with Crippen molar-refractivity contribution >= 4 is 24.3 Å². The van der Waals surface area contributed by atoms with Crippen LogP contribution in [0, 0.1) is 0 Å². The van der Waals surface area contributed by atoms with Crippen molar-refractivity contribution in [2.75, 3.05) is 28.2 Å². The Hall–Kier alpha value is -1.27. The van der Waals surface area contributed by atoms with Crippen LogP contribution in [0.1, 0.15) is 0 Å². The van der Waals surface area contributed by atoms with Crippen molar-refractivity contribution in [1.82, 2.24) is 14.7 Å². The van der Waals surface area contributed by atoms with Crippen molar-refractivity contribution in [3.63, 3.8) is 0 Å². The lowest BCUT2D eigenvalue weighted by Crippen LogP contribution is -2.58. The van der Waals surface area contributed by atoms with Gasteiger partial charge in [-0.25, -0.2) is 4.79 Å². The number of urea groups is 1. The molecule has 3 amide bonds. The van der Waals surface area contributed by atoms with Crippen LogP contribution < -0.4 is 5.73 Å². The van der Waals surface area contributed by atoms with Gasteiger partial charge in [-0.05, 0) is 0 Å². The smallest absolute Gasteiger partial charge is 0.327 e. The lowest BCUT2D eigenvalue weighted by molar-refractivity contribution is -0.126. The second kappa shape index (κ2) is 5.18. The molecular weight excluding hydrogens is 232 g/mol. The fourth-order valence-electron chi connectivity index (χ4n) is 1.38. The van der Waals surface area contributed by atoms with Crippen LogP contribution >= 0.6 is 12.4 Å². The average molecular weight is 249 g/mol. The Labute approximate surface area is 101 Å². The number of rotatable bonds is 1. The van der Waals surface area contributed by atoms with Crippen molar-refractivity contribution in [3.05, 3.63) is 11.8 Å². The van der Waals surface area contributed by atoms with Crippen molar-refractivity contribution in [1.29, 1.82) is 0 Å². The first kappa shape index (κ1) is 14.7. The third kappa shape index (κ3) is 2.45. The molecule has 1 atom stereocenters. The predicted molar refractivity (Wildman–Crippen MR) is 62.9 cm³/mol. The molecule has 1 heterocycles. The van der Waals surface area contributed by atoms with E-state index in [0.717, 1.165) is 4.90 Å². The van der Waals surface area contributed by atoms with Gasteiger partial charge in [0.2, 0.25) is 0 Å². The molecule has 6 nitrogen and oxygen atoms in total. The van der Waals surface area contributed by atoms with Crippen LogP contribution in [0.25, 0.3) is 0 Å². The van der Waals surface area contributed by atoms with Crippen LogP contribution in [0.15, 0.2) is 11.8 Å². The van der Waals surface area contributed by atoms with E-state index in [-0.39, 0.29) is 24.3 Å². The molecule has 1 rings (SSSR count). The van der Waals surface area contributed by atoms with Gasteiger partial charge in [0.25, 0.3) is 5.91 Å². The lowest BCUT2D eigenvalue weighted by Gasteiger charge is -2.36. The molecule has 92 valence electrons. The topological polar surface area (TPSA) is 69.9 Å². The third-order valence-corrected chi connectivity index (χ3v) is 2.27. The molecule has 1 aliphatic heterocycles. The number of carbonyl (C=O) groups excluding carboxylic acids is 2. The van der Waals surface area contributed by atoms with Crippen molar-refractivity contribution in [2.45, 2.75) is 6.17 Å². The van der Waals surface area contributed by atoms with Gasteiger partial charge in [-0.2, -0.15) is 0 Å². The quantitative estimate of drug-likeness (QED) is 0.645. The number of nitrogens with two attached hydrogens (primary N) is 1. The van der Waals surface area contributed by atoms with E-state index in [9.17, 15) is 9.59 Å². The summed E-state index contributed by atoms with van der Waals surface area (Å²) in [6.07, 6.45) is 0.954. The number of nitrogens with zero attached hydrogens (tertiary/aromatic N) is 3. The zero-order valence-corrected chi connectivity index (χ0v) is 10.6. The maximum atomic E-state index is 11.7. The lowest BCUT2D eigenvalue weighted by atomic mass is 10.1. The fourth-order valence-corrected chi connectivity index (χ4v) is 1.38. The molecular formula is C9H17ClN4O2. The van der Waals surface area contributed by atoms with Gasteiger partial charge in [-0.3, -0.25) is 9.69 Å². The highest BCUT2D eigenvalue weighted by atomic mass is 35.5. The van der Waals surface area contributed by atoms with Gasteiger partial charge in [0.15, 0.2) is 0 Å². The largest absolute Gasteiger partial charge is 0.383 e. The fraction of sp³-hybridized carbons (Fsp3) is 0.556. The molecule has 0 spiro atoms. The van der Waals surface area contributed by atoms with Gasteiger partial charge in [-0.15, -0.1) is 12.4 Å². The summed E-state index contributed by atoms with van der Waals surface area (Å²) in [5.41, 5.74) is 6.18. The predicted octanol–water partition coefficient (Wildman–Crippen LogP) is -0.338. The van der Waals surface area contributed by atoms with Crippen LogP contribution in [-0.4, -0.2) is 61.0 Å². The number of carbonyl (C=O) groups is 2. The second-order valence-corrected chi connectivity index (χ2v) is 3.75. The van der Waals surface area contributed by atoms with Crippen LogP contribution in [-0.2, 0) is 4.79 Å². The maximum absolute atomic E-state index is 11.7. The van der Waals surface area contributed by atoms with Gasteiger partial charge in [-0.1, -0.05) is 0 Å². The number of likely N-dealkylation sites (N-methyl/N-ethyl adjacent to an activating group) is 2. The Bertz CT molecular complexity index is 329. The summed E-state index contributed by atoms with van der Waals surface area (Å²) < 4.78 is 0. The zero-order chi connectivity index (χ0) is 11.7. The second-order valence-electron chi connectivity index (χ2n) is 3.75. The molecule has 16 heavy (non-hydrogen) atoms. The number of hydrogen-bond donors (Lipinski definition) is 1. The van der Waals surface area contributed by atoms with Crippen LogP contribution in [0.3, 0.4) is 0 Å². The number of halogens is 1. The molecule has 1 fully saturated rings. The Morgan fingerprint density at radius 1 is 1.31 bits per heavy atom. The molecule has 0 aromatic carbocycles. The Balaban J connectivity index is 0.00000225. The average Bonchev–Trinajstić information content (AvgIpc) is 2.18. The Kier molecular flexibility index (Phi) is 4.77. The first-order valence-corrected chi connectivity index (χ1v) is 4.55. The summed E-state index contributed by atoms with van der Waals surface area (Å²) in [7, 11) is 6.60. The van der Waals surface area contributed by atoms with E-state index in [4.69, 9.17) is 5.73 Å².